The van der Waals surface area contributed by atoms with Crippen LogP contribution in [0.15, 0.2) is 36.4 Å². The molecule has 2 heteroatoms. The van der Waals surface area contributed by atoms with Crippen molar-refractivity contribution in [1.29, 1.82) is 0 Å². The van der Waals surface area contributed by atoms with E-state index < -0.39 is 0 Å². The molecule has 2 heterocycles. The lowest BCUT2D eigenvalue weighted by Crippen LogP contribution is -2.37. The predicted molar refractivity (Wildman–Crippen MR) is 150 cm³/mol. The van der Waals surface area contributed by atoms with E-state index in [-0.39, 0.29) is 0 Å². The summed E-state index contributed by atoms with van der Waals surface area (Å²) in [5, 5.41) is 0. The van der Waals surface area contributed by atoms with E-state index in [0.29, 0.717) is 0 Å². The molecular formula is C33H48N2. The van der Waals surface area contributed by atoms with Crippen LogP contribution in [0.1, 0.15) is 100 Å². The number of hydrogen-bond donors (Lipinski definition) is 0. The summed E-state index contributed by atoms with van der Waals surface area (Å²) in [5.41, 5.74) is 9.14. The van der Waals surface area contributed by atoms with Crippen molar-refractivity contribution in [3.63, 3.8) is 0 Å². The Balaban J connectivity index is 1.10. The van der Waals surface area contributed by atoms with Crippen molar-refractivity contribution < 1.29 is 0 Å². The third-order valence-corrected chi connectivity index (χ3v) is 9.21. The van der Waals surface area contributed by atoms with Gasteiger partial charge < -0.3 is 9.80 Å². The Kier molecular flexibility index (Phi) is 8.63. The van der Waals surface area contributed by atoms with Crippen molar-refractivity contribution in [2.24, 2.45) is 0 Å². The molecule has 5 rings (SSSR count). The third-order valence-electron chi connectivity index (χ3n) is 9.21. The Morgan fingerprint density at radius 2 is 1.03 bits per heavy atom. The number of rotatable bonds is 10. The van der Waals surface area contributed by atoms with Gasteiger partial charge in [-0.2, -0.15) is 0 Å². The van der Waals surface area contributed by atoms with E-state index in [2.05, 4.69) is 60.0 Å². The quantitative estimate of drug-likeness (QED) is 0.299. The molecule has 0 amide bonds. The zero-order chi connectivity index (χ0) is 24.0. The second-order valence-electron chi connectivity index (χ2n) is 11.8. The van der Waals surface area contributed by atoms with Crippen molar-refractivity contribution in [1.82, 2.24) is 9.80 Å². The molecule has 2 nitrogen and oxygen atoms in total. The van der Waals surface area contributed by atoms with E-state index >= 15 is 0 Å². The molecule has 2 aromatic carbocycles. The minimum Gasteiger partial charge on any atom is -0.301 e. The average Bonchev–Trinajstić information content (AvgIpc) is 3.26. The van der Waals surface area contributed by atoms with Crippen molar-refractivity contribution in [3.8, 4) is 11.1 Å². The maximum absolute atomic E-state index is 2.72. The van der Waals surface area contributed by atoms with Gasteiger partial charge in [0.25, 0.3) is 0 Å². The fraction of sp³-hybridized carbons (Fsp3) is 0.636. The molecule has 0 N–H and O–H groups in total. The zero-order valence-corrected chi connectivity index (χ0v) is 22.5. The molecule has 0 saturated carbocycles. The molecule has 2 saturated heterocycles. The molecule has 2 unspecified atom stereocenters. The average molecular weight is 473 g/mol. The number of hydrogen-bond acceptors (Lipinski definition) is 2. The lowest BCUT2D eigenvalue weighted by Gasteiger charge is -2.32. The van der Waals surface area contributed by atoms with Crippen molar-refractivity contribution in [2.45, 2.75) is 109 Å². The summed E-state index contributed by atoms with van der Waals surface area (Å²) in [7, 11) is 0. The highest BCUT2D eigenvalue weighted by molar-refractivity contribution is 5.77. The van der Waals surface area contributed by atoms with E-state index in [9.17, 15) is 0 Å². The van der Waals surface area contributed by atoms with Crippen LogP contribution in [0, 0.1) is 0 Å². The highest BCUT2D eigenvalue weighted by atomic mass is 15.2. The van der Waals surface area contributed by atoms with Crippen molar-refractivity contribution in [2.75, 3.05) is 26.2 Å². The summed E-state index contributed by atoms with van der Waals surface area (Å²) in [6.07, 6.45) is 17.3. The lowest BCUT2D eigenvalue weighted by atomic mass is 9.98. The Bertz CT molecular complexity index is 874. The van der Waals surface area contributed by atoms with Crippen LogP contribution in [0.5, 0.6) is 0 Å². The molecule has 0 radical (unpaired) electrons. The first kappa shape index (κ1) is 25.0. The van der Waals surface area contributed by atoms with Crippen LogP contribution < -0.4 is 0 Å². The van der Waals surface area contributed by atoms with Gasteiger partial charge in [0.15, 0.2) is 0 Å². The van der Waals surface area contributed by atoms with Crippen molar-refractivity contribution >= 4 is 0 Å². The van der Waals surface area contributed by atoms with E-state index in [1.54, 1.807) is 11.1 Å². The van der Waals surface area contributed by atoms with Gasteiger partial charge >= 0.3 is 0 Å². The predicted octanol–water partition coefficient (Wildman–Crippen LogP) is 7.65. The molecule has 2 atom stereocenters. The number of piperidine rings is 2. The Morgan fingerprint density at radius 3 is 1.46 bits per heavy atom. The van der Waals surface area contributed by atoms with Gasteiger partial charge in [-0.15, -0.1) is 0 Å². The van der Waals surface area contributed by atoms with Gasteiger partial charge in [0.05, 0.1) is 0 Å². The van der Waals surface area contributed by atoms with Crippen LogP contribution in [-0.2, 0) is 19.3 Å². The third kappa shape index (κ3) is 6.38. The largest absolute Gasteiger partial charge is 0.301 e. The maximum atomic E-state index is 2.72. The van der Waals surface area contributed by atoms with Gasteiger partial charge in [-0.3, -0.25) is 0 Å². The first-order chi connectivity index (χ1) is 17.2. The van der Waals surface area contributed by atoms with Crippen LogP contribution in [-0.4, -0.2) is 48.1 Å². The molecule has 0 aromatic heterocycles. The number of fused-ring (bicyclic) bond motifs is 3. The summed E-state index contributed by atoms with van der Waals surface area (Å²) in [4.78, 5) is 5.43. The van der Waals surface area contributed by atoms with E-state index in [0.717, 1.165) is 18.5 Å². The molecule has 1 aliphatic carbocycles. The molecule has 2 aromatic rings. The summed E-state index contributed by atoms with van der Waals surface area (Å²) in [5.74, 6) is 0. The van der Waals surface area contributed by atoms with Crippen LogP contribution >= 0.6 is 0 Å². The maximum Gasteiger partial charge on any atom is 0.00670 e. The van der Waals surface area contributed by atoms with Gasteiger partial charge in [-0.1, -0.05) is 49.2 Å². The standard InChI is InChI=1S/C33H48N2/c1-26(34-19-5-3-6-20-34)11-9-13-28-15-17-32-30(23-28)25-31-24-29(16-18-33(31)32)14-10-12-27(2)35-21-7-4-8-22-35/h15-18,23-24,26-27H,3-14,19-22,25H2,1-2H3. The normalized spacial score (nSPS) is 20.4. The molecule has 2 aliphatic heterocycles. The molecule has 3 aliphatic rings. The molecule has 35 heavy (non-hydrogen) atoms. The monoisotopic (exact) mass is 472 g/mol. The number of benzene rings is 2. The SMILES string of the molecule is CC(CCCc1ccc2c(c1)Cc1cc(CCCC(C)N3CCCCC3)ccc1-2)N1CCCCC1. The first-order valence-corrected chi connectivity index (χ1v) is 14.9. The second kappa shape index (κ2) is 12.1. The van der Waals surface area contributed by atoms with Crippen LogP contribution in [0.2, 0.25) is 0 Å². The highest BCUT2D eigenvalue weighted by Gasteiger charge is 2.20. The Morgan fingerprint density at radius 1 is 0.600 bits per heavy atom. The second-order valence-corrected chi connectivity index (χ2v) is 11.8. The summed E-state index contributed by atoms with van der Waals surface area (Å²) >= 11 is 0. The molecule has 190 valence electrons. The fourth-order valence-electron chi connectivity index (χ4n) is 6.91. The lowest BCUT2D eigenvalue weighted by molar-refractivity contribution is 0.165. The summed E-state index contributed by atoms with van der Waals surface area (Å²) in [6.45, 7) is 10.2. The van der Waals surface area contributed by atoms with Crippen LogP contribution in [0.3, 0.4) is 0 Å². The van der Waals surface area contributed by atoms with E-state index in [1.165, 1.54) is 125 Å². The van der Waals surface area contributed by atoms with Gasteiger partial charge in [-0.05, 0) is 144 Å². The number of likely N-dealkylation sites (tertiary alicyclic amines) is 2. The van der Waals surface area contributed by atoms with Crippen LogP contribution in [0.25, 0.3) is 11.1 Å². The number of nitrogens with zero attached hydrogens (tertiary/aromatic N) is 2. The minimum atomic E-state index is 0.746. The molecular weight excluding hydrogens is 424 g/mol. The zero-order valence-electron chi connectivity index (χ0n) is 22.5. The Labute approximate surface area is 215 Å². The number of aryl methyl sites for hydroxylation is 2. The first-order valence-electron chi connectivity index (χ1n) is 14.9. The topological polar surface area (TPSA) is 6.48 Å². The van der Waals surface area contributed by atoms with Gasteiger partial charge in [0.1, 0.15) is 0 Å². The molecule has 0 spiro atoms. The van der Waals surface area contributed by atoms with Crippen molar-refractivity contribution in [3.05, 3.63) is 58.7 Å². The molecule has 2 fully saturated rings. The van der Waals surface area contributed by atoms with E-state index in [1.807, 2.05) is 0 Å². The fourth-order valence-corrected chi connectivity index (χ4v) is 6.91. The minimum absolute atomic E-state index is 0.746. The van der Waals surface area contributed by atoms with Gasteiger partial charge in [0.2, 0.25) is 0 Å². The van der Waals surface area contributed by atoms with Gasteiger partial charge in [0, 0.05) is 12.1 Å². The van der Waals surface area contributed by atoms with Gasteiger partial charge in [-0.25, -0.2) is 0 Å². The molecule has 0 bridgehead atoms. The Hall–Kier alpha value is -1.64. The highest BCUT2D eigenvalue weighted by Crippen LogP contribution is 2.38. The van der Waals surface area contributed by atoms with Crippen LogP contribution in [0.4, 0.5) is 0 Å². The smallest absolute Gasteiger partial charge is 0.00670 e. The summed E-state index contributed by atoms with van der Waals surface area (Å²) < 4.78 is 0. The van der Waals surface area contributed by atoms with E-state index in [4.69, 9.17) is 0 Å². The summed E-state index contributed by atoms with van der Waals surface area (Å²) in [6, 6.07) is 16.1.